The molecule has 3 aromatic heterocycles. The summed E-state index contributed by atoms with van der Waals surface area (Å²) < 4.78 is 1.81. The van der Waals surface area contributed by atoms with Gasteiger partial charge in [0.05, 0.1) is 11.9 Å². The number of pyridine rings is 1. The van der Waals surface area contributed by atoms with Gasteiger partial charge in [0.1, 0.15) is 17.2 Å². The molecule has 3 rings (SSSR count). The molecular formula is C13H11ClN6O. The minimum absolute atomic E-state index is 0.0907. The highest BCUT2D eigenvalue weighted by Gasteiger charge is 2.04. The topological polar surface area (TPSA) is 88.5 Å². The Labute approximate surface area is 124 Å². The van der Waals surface area contributed by atoms with Crippen LogP contribution in [0.3, 0.4) is 0 Å². The van der Waals surface area contributed by atoms with Gasteiger partial charge in [0.25, 0.3) is 5.56 Å². The molecule has 0 amide bonds. The maximum atomic E-state index is 11.3. The molecule has 0 saturated carbocycles. The van der Waals surface area contributed by atoms with Crippen molar-refractivity contribution in [3.05, 3.63) is 64.2 Å². The lowest BCUT2D eigenvalue weighted by molar-refractivity contribution is 0.969. The Morgan fingerprint density at radius 1 is 1.33 bits per heavy atom. The zero-order valence-electron chi connectivity index (χ0n) is 10.8. The van der Waals surface area contributed by atoms with E-state index < -0.39 is 5.56 Å². The number of nitrogens with one attached hydrogen (secondary N) is 2. The van der Waals surface area contributed by atoms with Crippen LogP contribution in [0.25, 0.3) is 5.82 Å². The van der Waals surface area contributed by atoms with Crippen LogP contribution in [-0.4, -0.2) is 24.7 Å². The Balaban J connectivity index is 1.71. The van der Waals surface area contributed by atoms with Crippen molar-refractivity contribution in [1.29, 1.82) is 0 Å². The molecule has 0 atom stereocenters. The van der Waals surface area contributed by atoms with Gasteiger partial charge in [-0.25, -0.2) is 15.1 Å². The average Bonchev–Trinajstić information content (AvgIpc) is 3.04. The van der Waals surface area contributed by atoms with Crippen LogP contribution in [0, 0.1) is 0 Å². The molecule has 0 radical (unpaired) electrons. The lowest BCUT2D eigenvalue weighted by atomic mass is 10.2. The van der Waals surface area contributed by atoms with Gasteiger partial charge in [-0.1, -0.05) is 17.7 Å². The molecule has 0 bridgehead atoms. The molecule has 7 nitrogen and oxygen atoms in total. The third kappa shape index (κ3) is 2.92. The molecule has 21 heavy (non-hydrogen) atoms. The van der Waals surface area contributed by atoms with Gasteiger partial charge < -0.3 is 5.32 Å². The normalized spacial score (nSPS) is 10.5. The molecule has 3 heterocycles. The lowest BCUT2D eigenvalue weighted by Gasteiger charge is -2.07. The predicted octanol–water partition coefficient (Wildman–Crippen LogP) is 1.62. The average molecular weight is 303 g/mol. The van der Waals surface area contributed by atoms with Crippen molar-refractivity contribution in [3.8, 4) is 5.82 Å². The summed E-state index contributed by atoms with van der Waals surface area (Å²) in [6, 6.07) is 3.82. The van der Waals surface area contributed by atoms with Crippen molar-refractivity contribution >= 4 is 17.3 Å². The number of imidazole rings is 1. The second-order valence-corrected chi connectivity index (χ2v) is 4.65. The fraction of sp³-hybridized carbons (Fsp3) is 0.0769. The molecule has 0 unspecified atom stereocenters. The second-order valence-electron chi connectivity index (χ2n) is 4.27. The quantitative estimate of drug-likeness (QED) is 0.764. The standard InChI is InChI=1S/C13H11ClN6O/c14-12-10(7-18-19-13(12)21)16-5-9-1-2-11(17-6-9)20-4-3-15-8-20/h1-4,6-8H,5H2,(H2,16,19,21). The summed E-state index contributed by atoms with van der Waals surface area (Å²) in [5.74, 6) is 0.784. The molecule has 0 spiro atoms. The first-order valence-corrected chi connectivity index (χ1v) is 6.52. The molecule has 8 heteroatoms. The maximum Gasteiger partial charge on any atom is 0.285 e. The number of hydrogen-bond donors (Lipinski definition) is 2. The van der Waals surface area contributed by atoms with Gasteiger partial charge >= 0.3 is 0 Å². The number of aromatic nitrogens is 5. The van der Waals surface area contributed by atoms with Gasteiger partial charge in [0.15, 0.2) is 0 Å². The fourth-order valence-corrected chi connectivity index (χ4v) is 1.93. The molecule has 106 valence electrons. The van der Waals surface area contributed by atoms with Crippen molar-refractivity contribution in [3.63, 3.8) is 0 Å². The van der Waals surface area contributed by atoms with Crippen LogP contribution < -0.4 is 10.9 Å². The minimum atomic E-state index is -0.421. The molecule has 3 aromatic rings. The summed E-state index contributed by atoms with van der Waals surface area (Å²) in [4.78, 5) is 19.6. The highest BCUT2D eigenvalue weighted by molar-refractivity contribution is 6.32. The summed E-state index contributed by atoms with van der Waals surface area (Å²) in [5.41, 5.74) is 1.02. The number of rotatable bonds is 4. The second kappa shape index (κ2) is 5.76. The number of aromatic amines is 1. The van der Waals surface area contributed by atoms with E-state index in [-0.39, 0.29) is 5.02 Å². The fourth-order valence-electron chi connectivity index (χ4n) is 1.77. The van der Waals surface area contributed by atoms with E-state index >= 15 is 0 Å². The van der Waals surface area contributed by atoms with Crippen LogP contribution in [0.2, 0.25) is 5.02 Å². The Hall–Kier alpha value is -2.67. The summed E-state index contributed by atoms with van der Waals surface area (Å²) in [6.45, 7) is 0.488. The first kappa shape index (κ1) is 13.3. The largest absolute Gasteiger partial charge is 0.378 e. The van der Waals surface area contributed by atoms with Gasteiger partial charge in [-0.05, 0) is 11.6 Å². The lowest BCUT2D eigenvalue weighted by Crippen LogP contribution is -2.12. The Kier molecular flexibility index (Phi) is 3.65. The number of nitrogens with zero attached hydrogens (tertiary/aromatic N) is 4. The molecule has 0 aliphatic carbocycles. The molecular weight excluding hydrogens is 292 g/mol. The maximum absolute atomic E-state index is 11.3. The Morgan fingerprint density at radius 3 is 2.95 bits per heavy atom. The molecule has 0 aliphatic heterocycles. The number of hydrogen-bond acceptors (Lipinski definition) is 5. The first-order chi connectivity index (χ1) is 10.2. The van der Waals surface area contributed by atoms with E-state index in [0.29, 0.717) is 12.2 Å². The van der Waals surface area contributed by atoms with Crippen molar-refractivity contribution < 1.29 is 0 Å². The molecule has 2 N–H and O–H groups in total. The van der Waals surface area contributed by atoms with Crippen molar-refractivity contribution in [2.24, 2.45) is 0 Å². The Morgan fingerprint density at radius 2 is 2.24 bits per heavy atom. The molecule has 0 saturated heterocycles. The van der Waals surface area contributed by atoms with Crippen LogP contribution in [0.5, 0.6) is 0 Å². The predicted molar refractivity (Wildman–Crippen MR) is 78.6 cm³/mol. The van der Waals surface area contributed by atoms with E-state index in [1.54, 1.807) is 18.7 Å². The number of anilines is 1. The van der Waals surface area contributed by atoms with Gasteiger partial charge in [0.2, 0.25) is 0 Å². The number of halogens is 1. The summed E-state index contributed by atoms with van der Waals surface area (Å²) in [7, 11) is 0. The third-order valence-electron chi connectivity index (χ3n) is 2.86. The summed E-state index contributed by atoms with van der Waals surface area (Å²) in [6.07, 6.45) is 8.41. The van der Waals surface area contributed by atoms with E-state index in [1.807, 2.05) is 22.9 Å². The van der Waals surface area contributed by atoms with Crippen molar-refractivity contribution in [2.75, 3.05) is 5.32 Å². The smallest absolute Gasteiger partial charge is 0.285 e. The zero-order chi connectivity index (χ0) is 14.7. The first-order valence-electron chi connectivity index (χ1n) is 6.14. The van der Waals surface area contributed by atoms with Crippen LogP contribution >= 0.6 is 11.6 Å². The van der Waals surface area contributed by atoms with Crippen LogP contribution in [-0.2, 0) is 6.54 Å². The third-order valence-corrected chi connectivity index (χ3v) is 3.23. The molecule has 0 aliphatic rings. The highest BCUT2D eigenvalue weighted by atomic mass is 35.5. The van der Waals surface area contributed by atoms with Crippen LogP contribution in [0.15, 0.2) is 48.0 Å². The van der Waals surface area contributed by atoms with Crippen LogP contribution in [0.4, 0.5) is 5.69 Å². The van der Waals surface area contributed by atoms with Crippen molar-refractivity contribution in [1.82, 2.24) is 24.7 Å². The molecule has 0 aromatic carbocycles. The van der Waals surface area contributed by atoms with E-state index in [1.165, 1.54) is 6.20 Å². The SMILES string of the molecule is O=c1[nH]ncc(NCc2ccc(-n3ccnc3)nc2)c1Cl. The highest BCUT2D eigenvalue weighted by Crippen LogP contribution is 2.15. The van der Waals surface area contributed by atoms with E-state index in [0.717, 1.165) is 11.4 Å². The monoisotopic (exact) mass is 302 g/mol. The van der Waals surface area contributed by atoms with Gasteiger partial charge in [-0.2, -0.15) is 5.10 Å². The Bertz CT molecular complexity index is 781. The van der Waals surface area contributed by atoms with Gasteiger partial charge in [-0.15, -0.1) is 0 Å². The van der Waals surface area contributed by atoms with Crippen molar-refractivity contribution in [2.45, 2.75) is 6.54 Å². The summed E-state index contributed by atoms with van der Waals surface area (Å²) >= 11 is 5.88. The van der Waals surface area contributed by atoms with Gasteiger partial charge in [0, 0.05) is 25.1 Å². The number of H-pyrrole nitrogens is 1. The zero-order valence-corrected chi connectivity index (χ0v) is 11.6. The van der Waals surface area contributed by atoms with E-state index in [2.05, 4.69) is 25.5 Å². The summed E-state index contributed by atoms with van der Waals surface area (Å²) in [5, 5.41) is 9.10. The van der Waals surface area contributed by atoms with Crippen LogP contribution in [0.1, 0.15) is 5.56 Å². The molecule has 0 fully saturated rings. The van der Waals surface area contributed by atoms with Gasteiger partial charge in [-0.3, -0.25) is 9.36 Å². The van der Waals surface area contributed by atoms with E-state index in [4.69, 9.17) is 11.6 Å². The van der Waals surface area contributed by atoms with E-state index in [9.17, 15) is 4.79 Å². The minimum Gasteiger partial charge on any atom is -0.378 e.